The van der Waals surface area contributed by atoms with E-state index in [1.807, 2.05) is 6.33 Å². The zero-order valence-corrected chi connectivity index (χ0v) is 10.6. The Morgan fingerprint density at radius 1 is 1.18 bits per heavy atom. The molecule has 0 saturated carbocycles. The van der Waals surface area contributed by atoms with Crippen molar-refractivity contribution in [1.82, 2.24) is 4.98 Å². The van der Waals surface area contributed by atoms with Crippen LogP contribution in [0.2, 0.25) is 0 Å². The molecule has 0 unspecified atom stereocenters. The van der Waals surface area contributed by atoms with E-state index >= 15 is 0 Å². The smallest absolute Gasteiger partial charge is 0.226 e. The molecule has 0 spiro atoms. The SMILES string of the molecule is CC(C)(C)c1cc2[n+](cn1)Cc1ccccc1-2. The van der Waals surface area contributed by atoms with Gasteiger partial charge in [-0.15, -0.1) is 0 Å². The summed E-state index contributed by atoms with van der Waals surface area (Å²) >= 11 is 0. The molecule has 2 heteroatoms. The molecule has 2 heterocycles. The zero-order valence-electron chi connectivity index (χ0n) is 10.6. The molecule has 0 radical (unpaired) electrons. The molecule has 3 rings (SSSR count). The predicted molar refractivity (Wildman–Crippen MR) is 67.7 cm³/mol. The Kier molecular flexibility index (Phi) is 2.09. The van der Waals surface area contributed by atoms with Gasteiger partial charge in [0.25, 0.3) is 6.33 Å². The van der Waals surface area contributed by atoms with Gasteiger partial charge in [0, 0.05) is 22.6 Å². The Morgan fingerprint density at radius 3 is 2.71 bits per heavy atom. The number of nitrogens with zero attached hydrogens (tertiary/aromatic N) is 2. The normalized spacial score (nSPS) is 13.4. The van der Waals surface area contributed by atoms with Gasteiger partial charge in [-0.1, -0.05) is 50.0 Å². The van der Waals surface area contributed by atoms with Crippen LogP contribution in [0.15, 0.2) is 36.7 Å². The molecule has 1 aromatic heterocycles. The summed E-state index contributed by atoms with van der Waals surface area (Å²) < 4.78 is 2.22. The lowest BCUT2D eigenvalue weighted by atomic mass is 9.91. The zero-order chi connectivity index (χ0) is 12.0. The summed E-state index contributed by atoms with van der Waals surface area (Å²) in [5, 5.41) is 0. The van der Waals surface area contributed by atoms with Crippen LogP contribution in [0.3, 0.4) is 0 Å². The summed E-state index contributed by atoms with van der Waals surface area (Å²) in [6.45, 7) is 7.55. The average Bonchev–Trinajstić information content (AvgIpc) is 2.65. The van der Waals surface area contributed by atoms with Gasteiger partial charge < -0.3 is 0 Å². The van der Waals surface area contributed by atoms with Crippen molar-refractivity contribution in [2.45, 2.75) is 32.7 Å². The Bertz CT molecular complexity index is 580. The van der Waals surface area contributed by atoms with E-state index in [-0.39, 0.29) is 5.41 Å². The van der Waals surface area contributed by atoms with Gasteiger partial charge in [-0.3, -0.25) is 0 Å². The number of rotatable bonds is 0. The van der Waals surface area contributed by atoms with Gasteiger partial charge in [0.2, 0.25) is 0 Å². The van der Waals surface area contributed by atoms with Crippen LogP contribution in [0.25, 0.3) is 11.3 Å². The van der Waals surface area contributed by atoms with Crippen molar-refractivity contribution in [3.05, 3.63) is 47.9 Å². The Morgan fingerprint density at radius 2 is 1.94 bits per heavy atom. The molecule has 0 aliphatic carbocycles. The maximum atomic E-state index is 4.57. The standard InChI is InChI=1S/C15H17N2/c1-15(2,3)14-8-13-12-7-5-4-6-11(12)9-17(13)10-16-14/h4-8,10H,9H2,1-3H3/q+1. The maximum absolute atomic E-state index is 4.57. The predicted octanol–water partition coefficient (Wildman–Crippen LogP) is 2.70. The maximum Gasteiger partial charge on any atom is 0.287 e. The van der Waals surface area contributed by atoms with Crippen LogP contribution in [0.5, 0.6) is 0 Å². The van der Waals surface area contributed by atoms with E-state index < -0.39 is 0 Å². The molecule has 0 N–H and O–H groups in total. The van der Waals surface area contributed by atoms with Crippen LogP contribution >= 0.6 is 0 Å². The van der Waals surface area contributed by atoms with E-state index in [2.05, 4.69) is 60.7 Å². The molecule has 2 aromatic rings. The molecule has 86 valence electrons. The summed E-state index contributed by atoms with van der Waals surface area (Å²) in [5.41, 5.74) is 5.29. The fourth-order valence-corrected chi connectivity index (χ4v) is 2.30. The number of hydrogen-bond acceptors (Lipinski definition) is 1. The van der Waals surface area contributed by atoms with Gasteiger partial charge in [-0.05, 0) is 0 Å². The minimum atomic E-state index is 0.104. The van der Waals surface area contributed by atoms with Crippen molar-refractivity contribution in [3.63, 3.8) is 0 Å². The van der Waals surface area contributed by atoms with E-state index in [4.69, 9.17) is 0 Å². The molecule has 0 bridgehead atoms. The third kappa shape index (κ3) is 1.64. The molecular weight excluding hydrogens is 208 g/mol. The number of aromatic nitrogens is 2. The first kappa shape index (κ1) is 10.5. The van der Waals surface area contributed by atoms with Gasteiger partial charge >= 0.3 is 0 Å². The molecule has 17 heavy (non-hydrogen) atoms. The summed E-state index contributed by atoms with van der Waals surface area (Å²) in [6, 6.07) is 10.8. The Labute approximate surface area is 102 Å². The molecule has 0 atom stereocenters. The highest BCUT2D eigenvalue weighted by molar-refractivity contribution is 5.63. The fraction of sp³-hybridized carbons (Fsp3) is 0.333. The highest BCUT2D eigenvalue weighted by Gasteiger charge is 2.27. The summed E-state index contributed by atoms with van der Waals surface area (Å²) in [4.78, 5) is 4.57. The van der Waals surface area contributed by atoms with Crippen LogP contribution in [0.1, 0.15) is 32.0 Å². The summed E-state index contributed by atoms with van der Waals surface area (Å²) in [6.07, 6.45) is 1.97. The molecule has 0 fully saturated rings. The van der Waals surface area contributed by atoms with Crippen molar-refractivity contribution in [3.8, 4) is 11.3 Å². The summed E-state index contributed by atoms with van der Waals surface area (Å²) in [7, 11) is 0. The van der Waals surface area contributed by atoms with Crippen LogP contribution in [-0.2, 0) is 12.0 Å². The quantitative estimate of drug-likeness (QED) is 0.537. The molecule has 0 saturated heterocycles. The van der Waals surface area contributed by atoms with Crippen LogP contribution in [-0.4, -0.2) is 4.98 Å². The van der Waals surface area contributed by atoms with Crippen molar-refractivity contribution >= 4 is 0 Å². The van der Waals surface area contributed by atoms with E-state index in [0.717, 1.165) is 12.2 Å². The van der Waals surface area contributed by atoms with Crippen LogP contribution < -0.4 is 4.57 Å². The third-order valence-electron chi connectivity index (χ3n) is 3.32. The largest absolute Gasteiger partial charge is 0.287 e. The average molecular weight is 225 g/mol. The number of fused-ring (bicyclic) bond motifs is 3. The second-order valence-corrected chi connectivity index (χ2v) is 5.69. The van der Waals surface area contributed by atoms with Crippen LogP contribution in [0.4, 0.5) is 0 Å². The summed E-state index contributed by atoms with van der Waals surface area (Å²) in [5.74, 6) is 0. The second kappa shape index (κ2) is 3.39. The van der Waals surface area contributed by atoms with E-state index in [9.17, 15) is 0 Å². The molecule has 1 aromatic carbocycles. The lowest BCUT2D eigenvalue weighted by Gasteiger charge is -2.13. The van der Waals surface area contributed by atoms with Crippen LogP contribution in [0, 0.1) is 0 Å². The van der Waals surface area contributed by atoms with Gasteiger partial charge in [0.15, 0.2) is 5.69 Å². The van der Waals surface area contributed by atoms with Crippen molar-refractivity contribution in [1.29, 1.82) is 0 Å². The molecular formula is C15H17N2+. The van der Waals surface area contributed by atoms with E-state index in [1.165, 1.54) is 16.8 Å². The third-order valence-corrected chi connectivity index (χ3v) is 3.32. The number of hydrogen-bond donors (Lipinski definition) is 0. The number of benzene rings is 1. The van der Waals surface area contributed by atoms with Crippen molar-refractivity contribution in [2.75, 3.05) is 0 Å². The van der Waals surface area contributed by atoms with Gasteiger partial charge in [0.1, 0.15) is 12.2 Å². The highest BCUT2D eigenvalue weighted by Crippen LogP contribution is 2.28. The topological polar surface area (TPSA) is 16.8 Å². The first-order chi connectivity index (χ1) is 8.05. The minimum Gasteiger partial charge on any atom is -0.226 e. The second-order valence-electron chi connectivity index (χ2n) is 5.69. The molecule has 1 aliphatic rings. The van der Waals surface area contributed by atoms with Gasteiger partial charge in [-0.25, -0.2) is 4.57 Å². The fourth-order valence-electron chi connectivity index (χ4n) is 2.30. The minimum absolute atomic E-state index is 0.104. The first-order valence-corrected chi connectivity index (χ1v) is 6.04. The lowest BCUT2D eigenvalue weighted by Crippen LogP contribution is -2.34. The Hall–Kier alpha value is -1.70. The van der Waals surface area contributed by atoms with E-state index in [1.54, 1.807) is 0 Å². The molecule has 2 nitrogen and oxygen atoms in total. The molecule has 1 aliphatic heterocycles. The monoisotopic (exact) mass is 225 g/mol. The van der Waals surface area contributed by atoms with Crippen molar-refractivity contribution < 1.29 is 4.57 Å². The Balaban J connectivity index is 2.18. The highest BCUT2D eigenvalue weighted by atomic mass is 15.0. The van der Waals surface area contributed by atoms with Crippen molar-refractivity contribution in [2.24, 2.45) is 0 Å². The first-order valence-electron chi connectivity index (χ1n) is 6.04. The molecule has 0 amide bonds. The van der Waals surface area contributed by atoms with E-state index in [0.29, 0.717) is 0 Å². The lowest BCUT2D eigenvalue weighted by molar-refractivity contribution is -0.675. The van der Waals surface area contributed by atoms with Gasteiger partial charge in [-0.2, -0.15) is 0 Å². The van der Waals surface area contributed by atoms with Gasteiger partial charge in [0.05, 0.1) is 0 Å².